The molecule has 2 aliphatic rings. The number of nitrogens with one attached hydrogen (secondary N) is 2. The molecule has 3 rings (SSSR count). The quantitative estimate of drug-likeness (QED) is 0.405. The van der Waals surface area contributed by atoms with Crippen LogP contribution in [-0.2, 0) is 10.0 Å². The van der Waals surface area contributed by atoms with Crippen molar-refractivity contribution in [3.63, 3.8) is 0 Å². The van der Waals surface area contributed by atoms with Crippen LogP contribution in [0.5, 0.6) is 0 Å². The Bertz CT molecular complexity index is 1050. The monoisotopic (exact) mass is 413 g/mol. The number of allylic oxidation sites excluding steroid dienone is 4. The van der Waals surface area contributed by atoms with E-state index in [1.807, 2.05) is 4.72 Å². The van der Waals surface area contributed by atoms with Gasteiger partial charge in [0.15, 0.2) is 0 Å². The highest BCUT2D eigenvalue weighted by atomic mass is 32.2. The predicted octanol–water partition coefficient (Wildman–Crippen LogP) is 5.11. The molecule has 1 aromatic carbocycles. The number of amides is 2. The summed E-state index contributed by atoms with van der Waals surface area (Å²) in [7, 11) is -4.13. The summed E-state index contributed by atoms with van der Waals surface area (Å²) in [5.41, 5.74) is 12.4. The minimum absolute atomic E-state index is 0.145. The van der Waals surface area contributed by atoms with Crippen LogP contribution in [0.2, 0.25) is 0 Å². The van der Waals surface area contributed by atoms with Crippen LogP contribution in [0.15, 0.2) is 69.3 Å². The van der Waals surface area contributed by atoms with Crippen LogP contribution in [0.25, 0.3) is 10.4 Å². The Labute approximate surface area is 170 Å². The standard InChI is InChI=1S/C20H23N5O3S/c1-14-7-3-2-4-8-15-9-5-12-18(15)19(14)22-20(26)24-29(27,28)17-11-6-10-16(13-17)23-25-21/h6,8,10-11,13H,1-5,7,9,12H2,(H2,22,24,26)/b15-8-,19-18+. The van der Waals surface area contributed by atoms with Crippen LogP contribution in [-0.4, -0.2) is 14.4 Å². The molecule has 1 fully saturated rings. The Hall–Kier alpha value is -3.03. The molecule has 0 spiro atoms. The molecule has 9 heteroatoms. The maximum Gasteiger partial charge on any atom is 0.333 e. The molecule has 0 aliphatic heterocycles. The van der Waals surface area contributed by atoms with Crippen molar-refractivity contribution in [2.24, 2.45) is 5.11 Å². The molecule has 1 saturated carbocycles. The lowest BCUT2D eigenvalue weighted by Gasteiger charge is -2.17. The highest BCUT2D eigenvalue weighted by Gasteiger charge is 2.24. The molecule has 0 aromatic heterocycles. The number of urea groups is 1. The molecule has 2 aliphatic carbocycles. The zero-order valence-corrected chi connectivity index (χ0v) is 16.8. The van der Waals surface area contributed by atoms with Crippen molar-refractivity contribution in [2.75, 3.05) is 0 Å². The molecule has 2 N–H and O–H groups in total. The number of nitrogens with zero attached hydrogens (tertiary/aromatic N) is 3. The summed E-state index contributed by atoms with van der Waals surface area (Å²) < 4.78 is 27.2. The highest BCUT2D eigenvalue weighted by molar-refractivity contribution is 7.90. The normalized spacial score (nSPS) is 21.5. The van der Waals surface area contributed by atoms with Gasteiger partial charge in [0.05, 0.1) is 4.90 Å². The third kappa shape index (κ3) is 5.07. The second-order valence-corrected chi connectivity index (χ2v) is 8.71. The molecule has 0 unspecified atom stereocenters. The van der Waals surface area contributed by atoms with Gasteiger partial charge >= 0.3 is 6.03 Å². The number of carbonyl (C=O) groups is 1. The number of carbonyl (C=O) groups excluding carboxylic acids is 1. The average molecular weight is 414 g/mol. The fraction of sp³-hybridized carbons (Fsp3) is 0.350. The van der Waals surface area contributed by atoms with Crippen molar-refractivity contribution in [2.45, 2.75) is 49.8 Å². The van der Waals surface area contributed by atoms with Gasteiger partial charge in [0.2, 0.25) is 0 Å². The number of hydrogen-bond donors (Lipinski definition) is 2. The molecule has 0 radical (unpaired) electrons. The molecule has 0 bridgehead atoms. The lowest BCUT2D eigenvalue weighted by atomic mass is 10.0. The zero-order valence-electron chi connectivity index (χ0n) is 16.0. The largest absolute Gasteiger partial charge is 0.333 e. The van der Waals surface area contributed by atoms with Gasteiger partial charge in [-0.1, -0.05) is 29.9 Å². The van der Waals surface area contributed by atoms with Crippen LogP contribution in [0.4, 0.5) is 10.5 Å². The summed E-state index contributed by atoms with van der Waals surface area (Å²) in [5, 5.41) is 6.12. The summed E-state index contributed by atoms with van der Waals surface area (Å²) in [6.45, 7) is 4.12. The van der Waals surface area contributed by atoms with Gasteiger partial charge < -0.3 is 5.32 Å². The van der Waals surface area contributed by atoms with E-state index in [1.165, 1.54) is 29.8 Å². The van der Waals surface area contributed by atoms with Gasteiger partial charge in [-0.2, -0.15) is 0 Å². The first-order chi connectivity index (χ1) is 13.9. The Morgan fingerprint density at radius 3 is 2.79 bits per heavy atom. The van der Waals surface area contributed by atoms with Crippen molar-refractivity contribution >= 4 is 21.7 Å². The molecule has 1 aromatic rings. The summed E-state index contributed by atoms with van der Waals surface area (Å²) >= 11 is 0. The third-order valence-corrected chi connectivity index (χ3v) is 6.32. The maximum absolute atomic E-state index is 12.6. The number of benzene rings is 1. The molecule has 8 nitrogen and oxygen atoms in total. The zero-order chi connectivity index (χ0) is 20.9. The molecule has 29 heavy (non-hydrogen) atoms. The number of rotatable bonds is 4. The molecular weight excluding hydrogens is 390 g/mol. The first-order valence-corrected chi connectivity index (χ1v) is 11.0. The van der Waals surface area contributed by atoms with E-state index < -0.39 is 16.1 Å². The highest BCUT2D eigenvalue weighted by Crippen LogP contribution is 2.36. The second kappa shape index (κ2) is 8.98. The fourth-order valence-electron chi connectivity index (χ4n) is 3.62. The van der Waals surface area contributed by atoms with Crippen LogP contribution in [0, 0.1) is 0 Å². The van der Waals surface area contributed by atoms with E-state index in [0.29, 0.717) is 5.70 Å². The van der Waals surface area contributed by atoms with Crippen molar-refractivity contribution in [1.82, 2.24) is 10.0 Å². The lowest BCUT2D eigenvalue weighted by Crippen LogP contribution is -2.39. The first-order valence-electron chi connectivity index (χ1n) is 9.50. The van der Waals surface area contributed by atoms with Gasteiger partial charge in [0.25, 0.3) is 10.0 Å². The Kier molecular flexibility index (Phi) is 6.41. The minimum atomic E-state index is -4.13. The van der Waals surface area contributed by atoms with Crippen molar-refractivity contribution in [3.8, 4) is 0 Å². The van der Waals surface area contributed by atoms with E-state index in [9.17, 15) is 13.2 Å². The average Bonchev–Trinajstić information content (AvgIpc) is 3.15. The maximum atomic E-state index is 12.6. The number of fused-ring (bicyclic) bond motifs is 1. The topological polar surface area (TPSA) is 124 Å². The van der Waals surface area contributed by atoms with E-state index >= 15 is 0 Å². The predicted molar refractivity (Wildman–Crippen MR) is 111 cm³/mol. The van der Waals surface area contributed by atoms with Gasteiger partial charge in [-0.25, -0.2) is 17.9 Å². The van der Waals surface area contributed by atoms with E-state index in [2.05, 4.69) is 28.0 Å². The van der Waals surface area contributed by atoms with Crippen LogP contribution < -0.4 is 10.0 Å². The van der Waals surface area contributed by atoms with Crippen LogP contribution >= 0.6 is 0 Å². The van der Waals surface area contributed by atoms with Crippen LogP contribution in [0.3, 0.4) is 0 Å². The minimum Gasteiger partial charge on any atom is -0.307 e. The summed E-state index contributed by atoms with van der Waals surface area (Å²) in [6.07, 6.45) is 8.80. The van der Waals surface area contributed by atoms with Gasteiger partial charge in [0.1, 0.15) is 0 Å². The van der Waals surface area contributed by atoms with E-state index in [4.69, 9.17) is 5.53 Å². The Balaban J connectivity index is 1.83. The van der Waals surface area contributed by atoms with E-state index in [0.717, 1.165) is 56.1 Å². The smallest absolute Gasteiger partial charge is 0.307 e. The summed E-state index contributed by atoms with van der Waals surface area (Å²) in [6, 6.07) is 4.60. The van der Waals surface area contributed by atoms with Crippen molar-refractivity contribution < 1.29 is 13.2 Å². The molecule has 152 valence electrons. The van der Waals surface area contributed by atoms with E-state index in [-0.39, 0.29) is 10.6 Å². The number of hydrogen-bond acceptors (Lipinski definition) is 4. The fourth-order valence-corrected chi connectivity index (χ4v) is 4.57. The van der Waals surface area contributed by atoms with Crippen molar-refractivity contribution in [3.05, 3.63) is 69.8 Å². The van der Waals surface area contributed by atoms with Crippen molar-refractivity contribution in [1.29, 1.82) is 0 Å². The molecule has 0 saturated heterocycles. The van der Waals surface area contributed by atoms with Gasteiger partial charge in [0, 0.05) is 16.3 Å². The van der Waals surface area contributed by atoms with Gasteiger partial charge in [-0.15, -0.1) is 0 Å². The van der Waals surface area contributed by atoms with E-state index in [1.54, 1.807) is 0 Å². The molecule has 0 heterocycles. The van der Waals surface area contributed by atoms with Gasteiger partial charge in [-0.05, 0) is 79.3 Å². The first kappa shape index (κ1) is 20.7. The summed E-state index contributed by atoms with van der Waals surface area (Å²) in [4.78, 5) is 15.0. The molecule has 2 amide bonds. The Morgan fingerprint density at radius 2 is 2.00 bits per heavy atom. The SMILES string of the molecule is C=C1CCCC/C=C2/CCC/C2=C/1NC(=O)NS(=O)(=O)c1cccc(N=[N+]=[N-])c1. The lowest BCUT2D eigenvalue weighted by molar-refractivity contribution is 0.248. The number of sulfonamides is 1. The second-order valence-electron chi connectivity index (χ2n) is 7.03. The van der Waals surface area contributed by atoms with Gasteiger partial charge in [-0.3, -0.25) is 0 Å². The summed E-state index contributed by atoms with van der Waals surface area (Å²) in [5.74, 6) is 0. The molecule has 0 atom stereocenters. The third-order valence-electron chi connectivity index (χ3n) is 4.99. The Morgan fingerprint density at radius 1 is 1.17 bits per heavy atom. The molecular formula is C20H23N5O3S. The van der Waals surface area contributed by atoms with Crippen LogP contribution in [0.1, 0.15) is 44.9 Å². The number of azide groups is 1.